The van der Waals surface area contributed by atoms with Crippen molar-refractivity contribution in [3.8, 4) is 0 Å². The van der Waals surface area contributed by atoms with E-state index >= 15 is 0 Å². The van der Waals surface area contributed by atoms with E-state index in [-0.39, 0.29) is 29.6 Å². The quantitative estimate of drug-likeness (QED) is 0.318. The Morgan fingerprint density at radius 3 is 0.833 bits per heavy atom. The Morgan fingerprint density at radius 1 is 0.833 bits per heavy atom. The van der Waals surface area contributed by atoms with Crippen molar-refractivity contribution < 1.29 is 17.3 Å². The van der Waals surface area contributed by atoms with Crippen molar-refractivity contribution in [1.82, 2.24) is 0 Å². The second kappa shape index (κ2) is 2.88. The zero-order valence-electron chi connectivity index (χ0n) is 2.09. The second-order valence-electron chi connectivity index (χ2n) is 0.495. The average Bonchev–Trinajstić information content (AvgIpc) is 0.722. The number of halogens is 4. The molecule has 0 aliphatic carbocycles. The Hall–Kier alpha value is 0.785. The van der Waals surface area contributed by atoms with E-state index in [0.717, 1.165) is 0 Å². The predicted molar refractivity (Wildman–Crippen MR) is 17.3 cm³/mol. The third-order valence-electron chi connectivity index (χ3n) is 0. The summed E-state index contributed by atoms with van der Waals surface area (Å²) >= 11 is 0. The van der Waals surface area contributed by atoms with Gasteiger partial charge in [-0.05, 0) is 0 Å². The molecule has 0 aliphatic rings. The van der Waals surface area contributed by atoms with E-state index in [4.69, 9.17) is 0 Å². The molecule has 0 rings (SSSR count). The molecular weight excluding hydrogens is 110 g/mol. The summed E-state index contributed by atoms with van der Waals surface area (Å²) in [6.07, 6.45) is 0. The predicted octanol–water partition coefficient (Wildman–Crippen LogP) is 0.651. The summed E-state index contributed by atoms with van der Waals surface area (Å²) in [5, 5.41) is 0. The summed E-state index contributed by atoms with van der Waals surface area (Å²) in [4.78, 5) is 0. The minimum atomic E-state index is -6.00. The van der Waals surface area contributed by atoms with Gasteiger partial charge in [-0.25, -0.2) is 0 Å². The van der Waals surface area contributed by atoms with Crippen molar-refractivity contribution in [3.63, 3.8) is 0 Å². The van der Waals surface area contributed by atoms with Gasteiger partial charge in [0, 0.05) is 0 Å². The Kier molecular flexibility index (Phi) is 4.76. The van der Waals surface area contributed by atoms with E-state index in [2.05, 4.69) is 0 Å². The van der Waals surface area contributed by atoms with Crippen molar-refractivity contribution in [2.75, 3.05) is 0 Å². The van der Waals surface area contributed by atoms with Gasteiger partial charge in [-0.3, -0.25) is 0 Å². The van der Waals surface area contributed by atoms with Gasteiger partial charge in [0.25, 0.3) is 0 Å². The summed E-state index contributed by atoms with van der Waals surface area (Å²) < 4.78 is 39.0. The SMILES string of the molecule is F[B-](F)(F)F.[NaH]. The molecule has 0 atom stereocenters. The molecule has 6 heavy (non-hydrogen) atoms. The molecular formula is HBF4Na-. The molecule has 0 amide bonds. The van der Waals surface area contributed by atoms with Crippen molar-refractivity contribution in [3.05, 3.63) is 0 Å². The van der Waals surface area contributed by atoms with Gasteiger partial charge < -0.3 is 17.3 Å². The molecule has 0 saturated heterocycles. The van der Waals surface area contributed by atoms with Gasteiger partial charge in [-0.1, -0.05) is 0 Å². The van der Waals surface area contributed by atoms with Crippen LogP contribution in [-0.2, 0) is 0 Å². The molecule has 0 spiro atoms. The van der Waals surface area contributed by atoms with Gasteiger partial charge in [-0.2, -0.15) is 0 Å². The van der Waals surface area contributed by atoms with E-state index in [9.17, 15) is 17.3 Å². The van der Waals surface area contributed by atoms with Gasteiger partial charge in [0.15, 0.2) is 0 Å². The zero-order valence-corrected chi connectivity index (χ0v) is 2.09. The van der Waals surface area contributed by atoms with Crippen LogP contribution in [-0.4, -0.2) is 36.8 Å². The van der Waals surface area contributed by atoms with Crippen molar-refractivity contribution in [1.29, 1.82) is 0 Å². The van der Waals surface area contributed by atoms with Crippen LogP contribution in [0.1, 0.15) is 0 Å². The van der Waals surface area contributed by atoms with Gasteiger partial charge in [0.1, 0.15) is 0 Å². The molecule has 0 unspecified atom stereocenters. The molecule has 0 aromatic carbocycles. The number of rotatable bonds is 0. The summed E-state index contributed by atoms with van der Waals surface area (Å²) in [5.74, 6) is 0. The molecule has 0 bridgehead atoms. The van der Waals surface area contributed by atoms with Crippen molar-refractivity contribution >= 4 is 36.8 Å². The minimum absolute atomic E-state index is 0. The van der Waals surface area contributed by atoms with E-state index < -0.39 is 7.25 Å². The molecule has 0 radical (unpaired) electrons. The summed E-state index contributed by atoms with van der Waals surface area (Å²) in [5.41, 5.74) is 0. The van der Waals surface area contributed by atoms with Crippen molar-refractivity contribution in [2.45, 2.75) is 0 Å². The Morgan fingerprint density at radius 2 is 0.833 bits per heavy atom. The molecule has 0 N–H and O–H groups in total. The molecule has 0 aromatic rings. The normalized spacial score (nSPS) is 10.0. The number of hydrogen-bond acceptors (Lipinski definition) is 0. The van der Waals surface area contributed by atoms with Crippen molar-refractivity contribution in [2.24, 2.45) is 0 Å². The van der Waals surface area contributed by atoms with E-state index in [1.165, 1.54) is 0 Å². The van der Waals surface area contributed by atoms with E-state index in [1.54, 1.807) is 0 Å². The standard InChI is InChI=1S/BF4.Na.H/c2-1(3,4)5;;/q-1;;. The summed E-state index contributed by atoms with van der Waals surface area (Å²) in [6.45, 7) is 0. The molecule has 0 nitrogen and oxygen atoms in total. The fraction of sp³-hybridized carbons (Fsp3) is 0. The van der Waals surface area contributed by atoms with Crippen LogP contribution < -0.4 is 0 Å². The topological polar surface area (TPSA) is 0 Å². The summed E-state index contributed by atoms with van der Waals surface area (Å²) in [7, 11) is -6.00. The maximum absolute atomic E-state index is 9.75. The van der Waals surface area contributed by atoms with Crippen LogP contribution >= 0.6 is 0 Å². The Balaban J connectivity index is 0. The Labute approximate surface area is 54.3 Å². The molecule has 0 aliphatic heterocycles. The van der Waals surface area contributed by atoms with E-state index in [1.807, 2.05) is 0 Å². The fourth-order valence-electron chi connectivity index (χ4n) is 0. The molecule has 0 heterocycles. The van der Waals surface area contributed by atoms with Gasteiger partial charge in [-0.15, -0.1) is 0 Å². The zero-order chi connectivity index (χ0) is 4.50. The van der Waals surface area contributed by atoms with Crippen LogP contribution in [0.15, 0.2) is 0 Å². The van der Waals surface area contributed by atoms with Gasteiger partial charge in [0.05, 0.1) is 0 Å². The van der Waals surface area contributed by atoms with Crippen LogP contribution in [0, 0.1) is 0 Å². The summed E-state index contributed by atoms with van der Waals surface area (Å²) in [6, 6.07) is 0. The third-order valence-corrected chi connectivity index (χ3v) is 0. The van der Waals surface area contributed by atoms with E-state index in [0.29, 0.717) is 0 Å². The Bertz CT molecular complexity index is 23.0. The first-order valence-corrected chi connectivity index (χ1v) is 0.873. The average molecular weight is 111 g/mol. The van der Waals surface area contributed by atoms with Crippen LogP contribution in [0.5, 0.6) is 0 Å². The van der Waals surface area contributed by atoms with Gasteiger partial charge in [0.2, 0.25) is 0 Å². The molecule has 0 aromatic heterocycles. The fourth-order valence-corrected chi connectivity index (χ4v) is 0. The van der Waals surface area contributed by atoms with Crippen LogP contribution in [0.3, 0.4) is 0 Å². The number of hydrogen-bond donors (Lipinski definition) is 0. The van der Waals surface area contributed by atoms with Crippen LogP contribution in [0.2, 0.25) is 0 Å². The third kappa shape index (κ3) is 111. The molecule has 6 heteroatoms. The first kappa shape index (κ1) is 9.92. The first-order valence-electron chi connectivity index (χ1n) is 0.873. The second-order valence-corrected chi connectivity index (χ2v) is 0.495. The first-order chi connectivity index (χ1) is 2.00. The van der Waals surface area contributed by atoms with Crippen LogP contribution in [0.4, 0.5) is 17.3 Å². The molecule has 0 fully saturated rings. The molecule has 34 valence electrons. The maximum atomic E-state index is 9.75. The molecule has 0 saturated carbocycles. The monoisotopic (exact) mass is 111 g/mol. The van der Waals surface area contributed by atoms with Gasteiger partial charge >= 0.3 is 36.8 Å². The van der Waals surface area contributed by atoms with Crippen LogP contribution in [0.25, 0.3) is 0 Å².